The zero-order chi connectivity index (χ0) is 14.1. The van der Waals surface area contributed by atoms with Gasteiger partial charge in [-0.2, -0.15) is 0 Å². The van der Waals surface area contributed by atoms with E-state index in [1.54, 1.807) is 6.07 Å². The van der Waals surface area contributed by atoms with E-state index in [4.69, 9.17) is 5.84 Å². The molecule has 0 saturated heterocycles. The molecule has 0 spiro atoms. The Bertz CT molecular complexity index is 773. The monoisotopic (exact) mass is 271 g/mol. The van der Waals surface area contributed by atoms with Crippen LogP contribution in [0.3, 0.4) is 0 Å². The van der Waals surface area contributed by atoms with Gasteiger partial charge in [0.05, 0.1) is 11.4 Å². The van der Waals surface area contributed by atoms with E-state index < -0.39 is 11.6 Å². The maximum Gasteiger partial charge on any atom is 0.185 e. The van der Waals surface area contributed by atoms with Gasteiger partial charge in [0.15, 0.2) is 11.6 Å². The highest BCUT2D eigenvalue weighted by Crippen LogP contribution is 2.29. The average Bonchev–Trinajstić information content (AvgIpc) is 2.51. The highest BCUT2D eigenvalue weighted by atomic mass is 19.2. The lowest BCUT2D eigenvalue weighted by Gasteiger charge is -2.10. The summed E-state index contributed by atoms with van der Waals surface area (Å²) in [7, 11) is 0. The summed E-state index contributed by atoms with van der Waals surface area (Å²) in [5.41, 5.74) is 4.27. The molecule has 0 saturated carbocycles. The summed E-state index contributed by atoms with van der Waals surface area (Å²) in [5, 5.41) is 0.436. The number of nitrogens with one attached hydrogen (secondary N) is 1. The number of rotatable bonds is 2. The second-order valence-corrected chi connectivity index (χ2v) is 4.32. The van der Waals surface area contributed by atoms with Gasteiger partial charge in [0.1, 0.15) is 5.52 Å². The van der Waals surface area contributed by atoms with Gasteiger partial charge in [0, 0.05) is 10.9 Å². The molecule has 0 aliphatic carbocycles. The fraction of sp³-hybridized carbons (Fsp3) is 0. The minimum absolute atomic E-state index is 0.0423. The van der Waals surface area contributed by atoms with Crippen LogP contribution < -0.4 is 11.3 Å². The van der Waals surface area contributed by atoms with Gasteiger partial charge in [0.25, 0.3) is 0 Å². The zero-order valence-electron chi connectivity index (χ0n) is 10.4. The lowest BCUT2D eigenvalue weighted by atomic mass is 10.1. The van der Waals surface area contributed by atoms with Crippen molar-refractivity contribution in [2.45, 2.75) is 0 Å². The van der Waals surface area contributed by atoms with Crippen LogP contribution >= 0.6 is 0 Å². The lowest BCUT2D eigenvalue weighted by Crippen LogP contribution is -2.08. The predicted octanol–water partition coefficient (Wildman–Crippen LogP) is 3.47. The Hall–Kier alpha value is -2.53. The third-order valence-electron chi connectivity index (χ3n) is 3.10. The van der Waals surface area contributed by atoms with Crippen molar-refractivity contribution in [1.82, 2.24) is 4.98 Å². The maximum atomic E-state index is 13.9. The van der Waals surface area contributed by atoms with Crippen molar-refractivity contribution in [3.05, 3.63) is 60.2 Å². The van der Waals surface area contributed by atoms with Gasteiger partial charge in [-0.3, -0.25) is 5.84 Å². The molecule has 2 aromatic carbocycles. The first-order valence-corrected chi connectivity index (χ1v) is 6.01. The summed E-state index contributed by atoms with van der Waals surface area (Å²) < 4.78 is 27.3. The summed E-state index contributed by atoms with van der Waals surface area (Å²) in [6.07, 6.45) is 0. The molecular formula is C15H11F2N3. The fourth-order valence-corrected chi connectivity index (χ4v) is 2.11. The number of anilines is 1. The zero-order valence-corrected chi connectivity index (χ0v) is 10.4. The van der Waals surface area contributed by atoms with Gasteiger partial charge in [-0.15, -0.1) is 0 Å². The van der Waals surface area contributed by atoms with Crippen LogP contribution in [0.15, 0.2) is 48.5 Å². The Kier molecular flexibility index (Phi) is 3.04. The minimum atomic E-state index is -0.975. The Morgan fingerprint density at radius 1 is 1.00 bits per heavy atom. The summed E-state index contributed by atoms with van der Waals surface area (Å²) >= 11 is 0. The van der Waals surface area contributed by atoms with E-state index in [1.807, 2.05) is 30.3 Å². The standard InChI is InChI=1S/C15H11F2N3/c16-11-7-6-10-13(20-18)8-12(19-15(10)14(11)17)9-4-2-1-3-5-9/h1-8H,18H2,(H,19,20). The first-order valence-electron chi connectivity index (χ1n) is 6.01. The number of halogens is 2. The summed E-state index contributed by atoms with van der Waals surface area (Å²) in [4.78, 5) is 4.20. The third-order valence-corrected chi connectivity index (χ3v) is 3.10. The molecule has 20 heavy (non-hydrogen) atoms. The molecule has 1 heterocycles. The molecule has 3 nitrogen and oxygen atoms in total. The van der Waals surface area contributed by atoms with Gasteiger partial charge in [-0.25, -0.2) is 13.8 Å². The highest BCUT2D eigenvalue weighted by molar-refractivity contribution is 5.94. The van der Waals surface area contributed by atoms with E-state index in [-0.39, 0.29) is 5.52 Å². The predicted molar refractivity (Wildman–Crippen MR) is 74.9 cm³/mol. The van der Waals surface area contributed by atoms with E-state index in [9.17, 15) is 8.78 Å². The number of nitrogens with two attached hydrogens (primary N) is 1. The SMILES string of the molecule is NNc1cc(-c2ccccc2)nc2c(F)c(F)ccc12. The van der Waals surface area contributed by atoms with Crippen molar-refractivity contribution in [2.24, 2.45) is 5.84 Å². The van der Waals surface area contributed by atoms with Crippen LogP contribution in [0.4, 0.5) is 14.5 Å². The van der Waals surface area contributed by atoms with Gasteiger partial charge in [-0.1, -0.05) is 30.3 Å². The van der Waals surface area contributed by atoms with Crippen molar-refractivity contribution in [3.8, 4) is 11.3 Å². The van der Waals surface area contributed by atoms with E-state index in [1.165, 1.54) is 6.07 Å². The quantitative estimate of drug-likeness (QED) is 0.554. The van der Waals surface area contributed by atoms with E-state index in [0.717, 1.165) is 11.6 Å². The number of hydrogen-bond acceptors (Lipinski definition) is 3. The van der Waals surface area contributed by atoms with Crippen molar-refractivity contribution in [2.75, 3.05) is 5.43 Å². The molecule has 0 aliphatic rings. The van der Waals surface area contributed by atoms with Crippen LogP contribution in [0, 0.1) is 11.6 Å². The smallest absolute Gasteiger partial charge is 0.185 e. The van der Waals surface area contributed by atoms with Crippen molar-refractivity contribution in [1.29, 1.82) is 0 Å². The van der Waals surface area contributed by atoms with Crippen LogP contribution in [0.1, 0.15) is 0 Å². The number of nitrogen functional groups attached to an aromatic ring is 1. The number of hydrogen-bond donors (Lipinski definition) is 2. The molecule has 0 unspecified atom stereocenters. The van der Waals surface area contributed by atoms with E-state index >= 15 is 0 Å². The molecule has 0 aliphatic heterocycles. The van der Waals surface area contributed by atoms with Crippen molar-refractivity contribution < 1.29 is 8.78 Å². The van der Waals surface area contributed by atoms with Crippen molar-refractivity contribution in [3.63, 3.8) is 0 Å². The molecule has 0 radical (unpaired) electrons. The largest absolute Gasteiger partial charge is 0.323 e. The molecule has 0 atom stereocenters. The second-order valence-electron chi connectivity index (χ2n) is 4.32. The number of aromatic nitrogens is 1. The molecule has 3 aromatic rings. The summed E-state index contributed by atoms with van der Waals surface area (Å²) in [6, 6.07) is 13.4. The molecule has 0 amide bonds. The number of benzene rings is 2. The number of nitrogens with zero attached hydrogens (tertiary/aromatic N) is 1. The third kappa shape index (κ3) is 1.98. The lowest BCUT2D eigenvalue weighted by molar-refractivity contribution is 0.515. The summed E-state index contributed by atoms with van der Waals surface area (Å²) in [6.45, 7) is 0. The molecule has 0 bridgehead atoms. The Labute approximate surface area is 114 Å². The topological polar surface area (TPSA) is 50.9 Å². The van der Waals surface area contributed by atoms with Crippen molar-refractivity contribution >= 4 is 16.6 Å². The van der Waals surface area contributed by atoms with Crippen LogP contribution in [0.2, 0.25) is 0 Å². The van der Waals surface area contributed by atoms with Gasteiger partial charge < -0.3 is 5.43 Å². The molecule has 100 valence electrons. The molecule has 5 heteroatoms. The Morgan fingerprint density at radius 3 is 2.45 bits per heavy atom. The van der Waals surface area contributed by atoms with E-state index in [0.29, 0.717) is 16.8 Å². The fourth-order valence-electron chi connectivity index (χ4n) is 2.11. The highest BCUT2D eigenvalue weighted by Gasteiger charge is 2.13. The van der Waals surface area contributed by atoms with Crippen LogP contribution in [-0.2, 0) is 0 Å². The molecule has 1 aromatic heterocycles. The summed E-state index contributed by atoms with van der Waals surface area (Å²) in [5.74, 6) is 3.55. The van der Waals surface area contributed by atoms with Gasteiger partial charge in [0.2, 0.25) is 0 Å². The minimum Gasteiger partial charge on any atom is -0.323 e. The average molecular weight is 271 g/mol. The molecule has 3 rings (SSSR count). The van der Waals surface area contributed by atoms with Crippen LogP contribution in [-0.4, -0.2) is 4.98 Å². The normalized spacial score (nSPS) is 10.8. The number of fused-ring (bicyclic) bond motifs is 1. The van der Waals surface area contributed by atoms with Crippen LogP contribution in [0.25, 0.3) is 22.2 Å². The molecule has 0 fully saturated rings. The Morgan fingerprint density at radius 2 is 1.75 bits per heavy atom. The second kappa shape index (κ2) is 4.86. The molecule has 3 N–H and O–H groups in total. The van der Waals surface area contributed by atoms with Crippen LogP contribution in [0.5, 0.6) is 0 Å². The number of pyridine rings is 1. The van der Waals surface area contributed by atoms with Gasteiger partial charge in [-0.05, 0) is 18.2 Å². The number of hydrazine groups is 1. The van der Waals surface area contributed by atoms with E-state index in [2.05, 4.69) is 10.4 Å². The van der Waals surface area contributed by atoms with Gasteiger partial charge >= 0.3 is 0 Å². The maximum absolute atomic E-state index is 13.9. The first-order chi connectivity index (χ1) is 9.70. The molecular weight excluding hydrogens is 260 g/mol. The first kappa shape index (κ1) is 12.5. The Balaban J connectivity index is 2.33.